The van der Waals surface area contributed by atoms with Crippen molar-refractivity contribution in [2.24, 2.45) is 0 Å². The molecule has 0 saturated carbocycles. The summed E-state index contributed by atoms with van der Waals surface area (Å²) in [6.07, 6.45) is 0. The minimum absolute atomic E-state index is 1.16. The van der Waals surface area contributed by atoms with Gasteiger partial charge in [-0.2, -0.15) is 0 Å². The van der Waals surface area contributed by atoms with Crippen LogP contribution in [0.3, 0.4) is 0 Å². The topological polar surface area (TPSA) is 9.86 Å². The van der Waals surface area contributed by atoms with Gasteiger partial charge in [0.25, 0.3) is 0 Å². The molecule has 0 N–H and O–H groups in total. The Morgan fingerprint density at radius 3 is 0.675 bits per heavy atom. The summed E-state index contributed by atoms with van der Waals surface area (Å²) < 4.78 is 5.04. The smallest absolute Gasteiger partial charge is 0.148 e. The number of hydrogen-bond donors (Lipinski definition) is 0. The summed E-state index contributed by atoms with van der Waals surface area (Å²) in [5.74, 6) is 0. The van der Waals surface area contributed by atoms with E-state index in [-0.39, 0.29) is 0 Å². The van der Waals surface area contributed by atoms with Crippen molar-refractivity contribution in [3.63, 3.8) is 0 Å². The molecule has 0 aliphatic rings. The highest BCUT2D eigenvalue weighted by Gasteiger charge is 2.72. The van der Waals surface area contributed by atoms with Gasteiger partial charge in [0.15, 0.2) is 0 Å². The van der Waals surface area contributed by atoms with E-state index in [4.69, 9.17) is 0 Å². The Kier molecular flexibility index (Phi) is 11.6. The molecule has 0 bridgehead atoms. The maximum Gasteiger partial charge on any atom is 0.148 e. The standard InChI is InChI=1S/C72H54N2Si3/c1-7-31-57(32-8-1)75(58-33-9-2-10-34-58,63-43-27-29-55(53-63)73-69-49-23-19-45-65(69)66-46-20-24-50-70(66)73)77(61-39-15-5-16-40-61,62-41-17-6-18-42-62)76(59-35-11-3-12-36-59,60-37-13-4-14-38-60)64-44-28-30-56(54-64)74-71-51-25-21-47-67(71)68-48-22-26-52-72(68)74/h1-54H. The monoisotopic (exact) mass is 1030 g/mol. The third-order valence-electron chi connectivity index (χ3n) is 16.6. The molecule has 364 valence electrons. The second-order valence-electron chi connectivity index (χ2n) is 20.3. The summed E-state index contributed by atoms with van der Waals surface area (Å²) in [4.78, 5) is 0. The highest BCUT2D eigenvalue weighted by molar-refractivity contribution is 7.89. The number of benzene rings is 12. The van der Waals surface area contributed by atoms with Gasteiger partial charge in [-0.05, 0) is 58.9 Å². The molecule has 5 heteroatoms. The van der Waals surface area contributed by atoms with Gasteiger partial charge in [0.05, 0.1) is 22.1 Å². The predicted molar refractivity (Wildman–Crippen MR) is 335 cm³/mol. The molecule has 12 aromatic carbocycles. The SMILES string of the molecule is c1ccc([Si](c2ccccc2)(c2cccc(-n3c4ccccc4c4ccccc43)c2)[Si](c2ccccc2)(c2ccccc2)[Si](c2ccccc2)(c2ccccc2)c2cccc(-n3c4ccccc4c4ccccc43)c2)cc1. The molecule has 0 saturated heterocycles. The Hall–Kier alpha value is -9.11. The van der Waals surface area contributed by atoms with E-state index in [0.717, 1.165) is 11.4 Å². The van der Waals surface area contributed by atoms with Gasteiger partial charge in [-0.1, -0.05) is 310 Å². The Bertz CT molecular complexity index is 3910. The Morgan fingerprint density at radius 2 is 0.403 bits per heavy atom. The van der Waals surface area contributed by atoms with E-state index in [2.05, 4.69) is 337 Å². The van der Waals surface area contributed by atoms with Crippen LogP contribution in [0.1, 0.15) is 0 Å². The second kappa shape index (κ2) is 19.2. The van der Waals surface area contributed by atoms with Crippen LogP contribution in [0.4, 0.5) is 0 Å². The quantitative estimate of drug-likeness (QED) is 0.0853. The molecule has 2 heterocycles. The van der Waals surface area contributed by atoms with E-state index < -0.39 is 22.3 Å². The van der Waals surface area contributed by atoms with Crippen molar-refractivity contribution >= 4 is 107 Å². The minimum atomic E-state index is -3.72. The number of aromatic nitrogens is 2. The molecular weight excluding hydrogens is 977 g/mol. The summed E-state index contributed by atoms with van der Waals surface area (Å²) in [5, 5.41) is 16.2. The Balaban J connectivity index is 1.24. The van der Waals surface area contributed by atoms with Crippen LogP contribution in [-0.4, -0.2) is 31.4 Å². The fraction of sp³-hybridized carbons (Fsp3) is 0. The molecule has 0 fully saturated rings. The number of fused-ring (bicyclic) bond motifs is 6. The van der Waals surface area contributed by atoms with E-state index in [1.165, 1.54) is 85.1 Å². The summed E-state index contributed by atoms with van der Waals surface area (Å²) in [5.41, 5.74) is 7.12. The van der Waals surface area contributed by atoms with Crippen LogP contribution < -0.4 is 41.5 Å². The first-order valence-electron chi connectivity index (χ1n) is 26.8. The van der Waals surface area contributed by atoms with Crippen molar-refractivity contribution in [3.8, 4) is 11.4 Å². The van der Waals surface area contributed by atoms with E-state index in [1.807, 2.05) is 0 Å². The number of hydrogen-bond acceptors (Lipinski definition) is 0. The van der Waals surface area contributed by atoms with E-state index in [0.29, 0.717) is 0 Å². The van der Waals surface area contributed by atoms with Gasteiger partial charge in [0.2, 0.25) is 0 Å². The fourth-order valence-electron chi connectivity index (χ4n) is 13.9. The highest BCUT2D eigenvalue weighted by atomic mass is 29.6. The molecule has 0 atom stereocenters. The van der Waals surface area contributed by atoms with Gasteiger partial charge >= 0.3 is 0 Å². The van der Waals surface area contributed by atoms with Gasteiger partial charge in [0.1, 0.15) is 22.3 Å². The van der Waals surface area contributed by atoms with Crippen molar-refractivity contribution in [3.05, 3.63) is 328 Å². The second-order valence-corrected chi connectivity index (χ2v) is 39.9. The van der Waals surface area contributed by atoms with Gasteiger partial charge in [-0.3, -0.25) is 0 Å². The van der Waals surface area contributed by atoms with Crippen LogP contribution in [0.25, 0.3) is 55.0 Å². The summed E-state index contributed by atoms with van der Waals surface area (Å²) >= 11 is 0. The van der Waals surface area contributed by atoms with Crippen molar-refractivity contribution < 1.29 is 0 Å². The number of rotatable bonds is 12. The largest absolute Gasteiger partial charge is 0.309 e. The molecule has 0 radical (unpaired) electrons. The number of nitrogens with zero attached hydrogens (tertiary/aromatic N) is 2. The maximum atomic E-state index is 2.63. The molecule has 0 aliphatic heterocycles. The first kappa shape index (κ1) is 46.4. The van der Waals surface area contributed by atoms with Crippen molar-refractivity contribution in [1.82, 2.24) is 9.13 Å². The van der Waals surface area contributed by atoms with E-state index in [9.17, 15) is 0 Å². The molecule has 14 rings (SSSR count). The first-order chi connectivity index (χ1) is 38.2. The molecular formula is C72H54N2Si3. The zero-order chi connectivity index (χ0) is 51.2. The summed E-state index contributed by atoms with van der Waals surface area (Å²) in [6.45, 7) is 0. The van der Waals surface area contributed by atoms with Crippen LogP contribution in [0.15, 0.2) is 328 Å². The molecule has 77 heavy (non-hydrogen) atoms. The van der Waals surface area contributed by atoms with Crippen molar-refractivity contribution in [1.29, 1.82) is 0 Å². The lowest BCUT2D eigenvalue weighted by Gasteiger charge is -2.59. The van der Waals surface area contributed by atoms with Crippen LogP contribution >= 0.6 is 0 Å². The van der Waals surface area contributed by atoms with Crippen LogP contribution in [0.2, 0.25) is 0 Å². The lowest BCUT2D eigenvalue weighted by Crippen LogP contribution is -3.04. The fourth-order valence-corrected chi connectivity index (χ4v) is 59.2. The molecule has 2 aromatic heterocycles. The Morgan fingerprint density at radius 1 is 0.182 bits per heavy atom. The lowest BCUT2D eigenvalue weighted by molar-refractivity contribution is 1.18. The van der Waals surface area contributed by atoms with E-state index in [1.54, 1.807) is 0 Å². The molecule has 0 amide bonds. The van der Waals surface area contributed by atoms with Crippen molar-refractivity contribution in [2.45, 2.75) is 0 Å². The predicted octanol–water partition coefficient (Wildman–Crippen LogP) is 11.9. The van der Waals surface area contributed by atoms with Crippen LogP contribution in [0.5, 0.6) is 0 Å². The van der Waals surface area contributed by atoms with Gasteiger partial charge < -0.3 is 9.13 Å². The third kappa shape index (κ3) is 6.98. The molecule has 14 aromatic rings. The van der Waals surface area contributed by atoms with Crippen LogP contribution in [0, 0.1) is 0 Å². The van der Waals surface area contributed by atoms with Gasteiger partial charge in [0, 0.05) is 32.9 Å². The minimum Gasteiger partial charge on any atom is -0.309 e. The zero-order valence-corrected chi connectivity index (χ0v) is 45.6. The normalized spacial score (nSPS) is 12.2. The van der Waals surface area contributed by atoms with Crippen LogP contribution in [-0.2, 0) is 0 Å². The van der Waals surface area contributed by atoms with Crippen molar-refractivity contribution in [2.75, 3.05) is 0 Å². The Labute approximate surface area is 452 Å². The summed E-state index contributed by atoms with van der Waals surface area (Å²) in [7, 11) is -11.0. The number of para-hydroxylation sites is 4. The average molecular weight is 1030 g/mol. The zero-order valence-electron chi connectivity index (χ0n) is 42.6. The van der Waals surface area contributed by atoms with Gasteiger partial charge in [-0.25, -0.2) is 0 Å². The van der Waals surface area contributed by atoms with E-state index >= 15 is 0 Å². The highest BCUT2D eigenvalue weighted by Crippen LogP contribution is 2.37. The lowest BCUT2D eigenvalue weighted by atomic mass is 10.2. The molecule has 2 nitrogen and oxygen atoms in total. The van der Waals surface area contributed by atoms with Gasteiger partial charge in [-0.15, -0.1) is 0 Å². The molecule has 0 aliphatic carbocycles. The third-order valence-corrected chi connectivity index (χ3v) is 50.6. The maximum absolute atomic E-state index is 3.72. The summed E-state index contributed by atoms with van der Waals surface area (Å²) in [6, 6.07) is 127. The first-order valence-corrected chi connectivity index (χ1v) is 34.8. The molecule has 0 unspecified atom stereocenters. The average Bonchev–Trinajstić information content (AvgIpc) is 4.22. The molecule has 0 spiro atoms.